The highest BCUT2D eigenvalue weighted by Gasteiger charge is 2.41. The average molecular weight is 445 g/mol. The van der Waals surface area contributed by atoms with Gasteiger partial charge in [-0.2, -0.15) is 0 Å². The Kier molecular flexibility index (Phi) is 7.61. The third kappa shape index (κ3) is 5.10. The molecule has 1 heterocycles. The number of nitrogens with two attached hydrogens (primary N) is 1. The molecule has 168 valence electrons. The lowest BCUT2D eigenvalue weighted by Crippen LogP contribution is -2.39. The molecular weight excluding hydrogens is 422 g/mol. The van der Waals surface area contributed by atoms with E-state index in [1.165, 1.54) is 0 Å². The third-order valence-electron chi connectivity index (χ3n) is 4.88. The zero-order chi connectivity index (χ0) is 23.7. The van der Waals surface area contributed by atoms with Crippen LogP contribution < -0.4 is 5.73 Å². The molecule has 0 spiro atoms. The fourth-order valence-electron chi connectivity index (χ4n) is 3.50. The van der Waals surface area contributed by atoms with Gasteiger partial charge in [-0.25, -0.2) is 9.59 Å². The molecule has 0 saturated carbocycles. The number of nitrogens with zero attached hydrogens (tertiary/aromatic N) is 4. The average Bonchev–Trinajstić information content (AvgIpc) is 3.31. The van der Waals surface area contributed by atoms with E-state index in [-0.39, 0.29) is 0 Å². The SMILES string of the molecule is NCCc1nnn(C(c2ccccc2)(c2ccccc2)c2ccccc2)n1.O=C(O)C(=O)O. The fourth-order valence-corrected chi connectivity index (χ4v) is 3.50. The van der Waals surface area contributed by atoms with E-state index < -0.39 is 17.5 Å². The van der Waals surface area contributed by atoms with Crippen molar-refractivity contribution in [1.82, 2.24) is 20.2 Å². The van der Waals surface area contributed by atoms with Crippen LogP contribution in [0.15, 0.2) is 91.0 Å². The first-order valence-electron chi connectivity index (χ1n) is 10.1. The summed E-state index contributed by atoms with van der Waals surface area (Å²) >= 11 is 0. The highest BCUT2D eigenvalue weighted by molar-refractivity contribution is 6.27. The minimum Gasteiger partial charge on any atom is -0.473 e. The van der Waals surface area contributed by atoms with Gasteiger partial charge in [-0.1, -0.05) is 91.0 Å². The molecule has 4 rings (SSSR count). The monoisotopic (exact) mass is 445 g/mol. The van der Waals surface area contributed by atoms with Crippen molar-refractivity contribution in [1.29, 1.82) is 0 Å². The molecule has 0 aliphatic rings. The number of tetrazole rings is 1. The van der Waals surface area contributed by atoms with E-state index in [0.29, 0.717) is 18.8 Å². The molecular formula is C24H23N5O4. The van der Waals surface area contributed by atoms with Gasteiger partial charge in [-0.3, -0.25) is 0 Å². The Bertz CT molecular complexity index is 1070. The molecule has 0 fully saturated rings. The van der Waals surface area contributed by atoms with Crippen LogP contribution in [-0.4, -0.2) is 48.9 Å². The first kappa shape index (κ1) is 23.3. The Morgan fingerprint density at radius 3 is 1.48 bits per heavy atom. The van der Waals surface area contributed by atoms with E-state index in [4.69, 9.17) is 30.6 Å². The number of carboxylic acids is 2. The molecule has 4 aromatic rings. The number of hydrogen-bond donors (Lipinski definition) is 3. The summed E-state index contributed by atoms with van der Waals surface area (Å²) in [7, 11) is 0. The summed E-state index contributed by atoms with van der Waals surface area (Å²) in [6, 6.07) is 30.9. The lowest BCUT2D eigenvalue weighted by atomic mass is 9.77. The lowest BCUT2D eigenvalue weighted by molar-refractivity contribution is -0.159. The maximum absolute atomic E-state index is 9.10. The van der Waals surface area contributed by atoms with Crippen LogP contribution in [0.3, 0.4) is 0 Å². The third-order valence-corrected chi connectivity index (χ3v) is 4.88. The van der Waals surface area contributed by atoms with E-state index in [1.54, 1.807) is 4.80 Å². The van der Waals surface area contributed by atoms with E-state index in [1.807, 2.05) is 54.6 Å². The quantitative estimate of drug-likeness (QED) is 0.302. The molecule has 9 heteroatoms. The van der Waals surface area contributed by atoms with Crippen LogP contribution in [0.1, 0.15) is 22.5 Å². The van der Waals surface area contributed by atoms with Gasteiger partial charge < -0.3 is 15.9 Å². The number of rotatable bonds is 6. The standard InChI is InChI=1S/C22H21N5.C2H2O4/c23-17-16-21-24-26-27(25-21)22(18-10-4-1-5-11-18,19-12-6-2-7-13-19)20-14-8-3-9-15-20;3-1(4)2(5)6/h1-15H,16-17,23H2;(H,3,4)(H,5,6). The molecule has 3 aromatic carbocycles. The summed E-state index contributed by atoms with van der Waals surface area (Å²) in [5, 5.41) is 28.2. The van der Waals surface area contributed by atoms with Gasteiger partial charge in [-0.15, -0.1) is 15.0 Å². The molecule has 0 radical (unpaired) electrons. The van der Waals surface area contributed by atoms with Gasteiger partial charge in [0.1, 0.15) is 0 Å². The zero-order valence-corrected chi connectivity index (χ0v) is 17.7. The maximum atomic E-state index is 9.10. The van der Waals surface area contributed by atoms with Gasteiger partial charge in [0, 0.05) is 6.42 Å². The lowest BCUT2D eigenvalue weighted by Gasteiger charge is -2.34. The van der Waals surface area contributed by atoms with Crippen LogP contribution in [0.2, 0.25) is 0 Å². The number of carboxylic acid groups (broad SMARTS) is 2. The highest BCUT2D eigenvalue weighted by atomic mass is 16.4. The van der Waals surface area contributed by atoms with Crippen LogP contribution in [0.4, 0.5) is 0 Å². The summed E-state index contributed by atoms with van der Waals surface area (Å²) < 4.78 is 0. The van der Waals surface area contributed by atoms with Gasteiger partial charge >= 0.3 is 11.9 Å². The Morgan fingerprint density at radius 1 is 0.758 bits per heavy atom. The molecule has 0 unspecified atom stereocenters. The van der Waals surface area contributed by atoms with E-state index in [9.17, 15) is 0 Å². The van der Waals surface area contributed by atoms with Crippen LogP contribution in [0.25, 0.3) is 0 Å². The second kappa shape index (κ2) is 10.8. The normalized spacial score (nSPS) is 10.7. The van der Waals surface area contributed by atoms with Crippen molar-refractivity contribution in [3.8, 4) is 0 Å². The Morgan fingerprint density at radius 2 is 1.15 bits per heavy atom. The van der Waals surface area contributed by atoms with Crippen LogP contribution in [-0.2, 0) is 21.5 Å². The predicted octanol–water partition coefficient (Wildman–Crippen LogP) is 2.17. The van der Waals surface area contributed by atoms with Crippen molar-refractivity contribution in [2.24, 2.45) is 5.73 Å². The second-order valence-electron chi connectivity index (χ2n) is 6.95. The minimum atomic E-state index is -1.82. The van der Waals surface area contributed by atoms with Gasteiger partial charge in [0.15, 0.2) is 11.4 Å². The molecule has 9 nitrogen and oxygen atoms in total. The van der Waals surface area contributed by atoms with Crippen molar-refractivity contribution < 1.29 is 19.8 Å². The number of carbonyl (C=O) groups is 2. The summed E-state index contributed by atoms with van der Waals surface area (Å²) in [5.41, 5.74) is 8.18. The van der Waals surface area contributed by atoms with Crippen molar-refractivity contribution >= 4 is 11.9 Å². The molecule has 1 aromatic heterocycles. The molecule has 4 N–H and O–H groups in total. The molecule has 0 aliphatic heterocycles. The first-order valence-corrected chi connectivity index (χ1v) is 10.1. The minimum absolute atomic E-state index is 0.487. The second-order valence-corrected chi connectivity index (χ2v) is 6.95. The smallest absolute Gasteiger partial charge is 0.414 e. The Labute approximate surface area is 190 Å². The number of aromatic nitrogens is 4. The summed E-state index contributed by atoms with van der Waals surface area (Å²) in [5.74, 6) is -3.00. The summed E-state index contributed by atoms with van der Waals surface area (Å²) in [6.07, 6.45) is 0.592. The zero-order valence-electron chi connectivity index (χ0n) is 17.7. The molecule has 0 atom stereocenters. The Hall–Kier alpha value is -4.37. The topological polar surface area (TPSA) is 144 Å². The van der Waals surface area contributed by atoms with Crippen molar-refractivity contribution in [2.75, 3.05) is 6.54 Å². The predicted molar refractivity (Wildman–Crippen MR) is 120 cm³/mol. The van der Waals surface area contributed by atoms with Gasteiger partial charge in [0.05, 0.1) is 0 Å². The van der Waals surface area contributed by atoms with E-state index >= 15 is 0 Å². The number of benzene rings is 3. The van der Waals surface area contributed by atoms with Crippen LogP contribution in [0, 0.1) is 0 Å². The Balaban J connectivity index is 0.000000454. The highest BCUT2D eigenvalue weighted by Crippen LogP contribution is 2.39. The van der Waals surface area contributed by atoms with Gasteiger partial charge in [0.2, 0.25) is 0 Å². The van der Waals surface area contributed by atoms with Gasteiger partial charge in [0.25, 0.3) is 0 Å². The maximum Gasteiger partial charge on any atom is 0.414 e. The number of aliphatic carboxylic acids is 2. The van der Waals surface area contributed by atoms with Crippen molar-refractivity contribution in [3.05, 3.63) is 114 Å². The molecule has 33 heavy (non-hydrogen) atoms. The largest absolute Gasteiger partial charge is 0.473 e. The van der Waals surface area contributed by atoms with Crippen molar-refractivity contribution in [2.45, 2.75) is 12.0 Å². The number of hydrogen-bond acceptors (Lipinski definition) is 6. The van der Waals surface area contributed by atoms with Gasteiger partial charge in [-0.05, 0) is 28.4 Å². The van der Waals surface area contributed by atoms with Crippen molar-refractivity contribution in [3.63, 3.8) is 0 Å². The summed E-state index contributed by atoms with van der Waals surface area (Å²) in [6.45, 7) is 0.487. The van der Waals surface area contributed by atoms with E-state index in [2.05, 4.69) is 46.7 Å². The first-order chi connectivity index (χ1) is 16.0. The molecule has 0 saturated heterocycles. The molecule has 0 aliphatic carbocycles. The molecule has 0 amide bonds. The van der Waals surface area contributed by atoms with E-state index in [0.717, 1.165) is 16.7 Å². The molecule has 0 bridgehead atoms. The summed E-state index contributed by atoms with van der Waals surface area (Å²) in [4.78, 5) is 19.9. The van der Waals surface area contributed by atoms with Crippen LogP contribution in [0.5, 0.6) is 0 Å². The van der Waals surface area contributed by atoms with Crippen LogP contribution >= 0.6 is 0 Å². The fraction of sp³-hybridized carbons (Fsp3) is 0.125.